The number of aliphatic carboxylic acids is 2. The molecule has 1 saturated heterocycles. The molecule has 9 nitrogen and oxygen atoms in total. The number of rotatable bonds is 9. The van der Waals surface area contributed by atoms with Crippen molar-refractivity contribution in [2.45, 2.75) is 38.9 Å². The Balaban J connectivity index is 0.000000479. The number of aliphatic hydroxyl groups excluding tert-OH is 2. The van der Waals surface area contributed by atoms with Gasteiger partial charge in [-0.15, -0.1) is 0 Å². The van der Waals surface area contributed by atoms with Crippen LogP contribution in [0.2, 0.25) is 0 Å². The van der Waals surface area contributed by atoms with E-state index in [2.05, 4.69) is 4.90 Å². The Hall–Kier alpha value is -2.75. The van der Waals surface area contributed by atoms with Crippen LogP contribution < -0.4 is 4.74 Å². The lowest BCUT2D eigenvalue weighted by Gasteiger charge is -2.28. The zero-order valence-corrected chi connectivity index (χ0v) is 17.0. The number of β-amino-alcohol motifs (C(OH)–C–C–N with tert-alkyl or cyclic N) is 1. The third-order valence-corrected chi connectivity index (χ3v) is 4.35. The van der Waals surface area contributed by atoms with E-state index in [1.54, 1.807) is 18.2 Å². The van der Waals surface area contributed by atoms with Crippen LogP contribution in [0.1, 0.15) is 42.1 Å². The number of carbonyl (C=O) groups is 3. The summed E-state index contributed by atoms with van der Waals surface area (Å²) in [5.74, 6) is -2.05. The number of benzene rings is 1. The number of ketones is 1. The van der Waals surface area contributed by atoms with Crippen LogP contribution in [0.3, 0.4) is 0 Å². The second-order valence-electron chi connectivity index (χ2n) is 6.87. The SMILES string of the molecule is CC(=O)c1ccc(OCC(O)CN2CCCCC2)c(CO)c1.O=C(O)/C=C/C(=O)O. The minimum absolute atomic E-state index is 0.0496. The molecule has 4 N–H and O–H groups in total. The van der Waals surface area contributed by atoms with Crippen LogP contribution in [0, 0.1) is 0 Å². The van der Waals surface area contributed by atoms with E-state index in [9.17, 15) is 24.6 Å². The number of piperidine rings is 1. The second-order valence-corrected chi connectivity index (χ2v) is 6.87. The van der Waals surface area contributed by atoms with E-state index in [0.717, 1.165) is 13.1 Å². The molecule has 0 aliphatic carbocycles. The highest BCUT2D eigenvalue weighted by Gasteiger charge is 2.16. The molecular weight excluding hydrogens is 394 g/mol. The number of nitrogens with zero attached hydrogens (tertiary/aromatic N) is 1. The minimum Gasteiger partial charge on any atom is -0.490 e. The molecule has 1 aromatic rings. The van der Waals surface area contributed by atoms with Crippen LogP contribution in [0.25, 0.3) is 0 Å². The molecule has 9 heteroatoms. The van der Waals surface area contributed by atoms with E-state index in [1.807, 2.05) is 0 Å². The first kappa shape index (κ1) is 25.3. The molecule has 30 heavy (non-hydrogen) atoms. The largest absolute Gasteiger partial charge is 0.490 e. The topological polar surface area (TPSA) is 145 Å². The zero-order chi connectivity index (χ0) is 22.5. The molecule has 0 radical (unpaired) electrons. The third kappa shape index (κ3) is 10.1. The molecule has 1 fully saturated rings. The lowest BCUT2D eigenvalue weighted by Crippen LogP contribution is -2.38. The van der Waals surface area contributed by atoms with Crippen molar-refractivity contribution in [2.24, 2.45) is 0 Å². The van der Waals surface area contributed by atoms with E-state index < -0.39 is 18.0 Å². The highest BCUT2D eigenvalue weighted by molar-refractivity contribution is 5.94. The van der Waals surface area contributed by atoms with Gasteiger partial charge in [-0.25, -0.2) is 9.59 Å². The van der Waals surface area contributed by atoms with Crippen molar-refractivity contribution in [3.63, 3.8) is 0 Å². The first-order valence-corrected chi connectivity index (χ1v) is 9.64. The van der Waals surface area contributed by atoms with Crippen molar-refractivity contribution in [2.75, 3.05) is 26.2 Å². The standard InChI is InChI=1S/C17H25NO4.C4H4O4/c1-13(20)14-5-6-17(15(9-14)11-19)22-12-16(21)10-18-7-3-2-4-8-18;5-3(6)1-2-4(7)8/h5-6,9,16,19,21H,2-4,7-8,10-12H2,1H3;1-2H,(H,5,6)(H,7,8)/b;2-1+. The summed E-state index contributed by atoms with van der Waals surface area (Å²) >= 11 is 0. The molecule has 1 atom stereocenters. The van der Waals surface area contributed by atoms with Gasteiger partial charge >= 0.3 is 11.9 Å². The molecule has 2 rings (SSSR count). The van der Waals surface area contributed by atoms with Gasteiger partial charge in [0.15, 0.2) is 5.78 Å². The third-order valence-electron chi connectivity index (χ3n) is 4.35. The Kier molecular flexibility index (Phi) is 11.4. The van der Waals surface area contributed by atoms with Crippen molar-refractivity contribution in [3.8, 4) is 5.75 Å². The minimum atomic E-state index is -1.26. The predicted octanol–water partition coefficient (Wildman–Crippen LogP) is 1.32. The fourth-order valence-electron chi connectivity index (χ4n) is 2.88. The molecule has 1 aromatic carbocycles. The maximum absolute atomic E-state index is 11.3. The van der Waals surface area contributed by atoms with Gasteiger partial charge in [-0.1, -0.05) is 6.42 Å². The number of hydrogen-bond donors (Lipinski definition) is 4. The van der Waals surface area contributed by atoms with Crippen molar-refractivity contribution in [1.82, 2.24) is 4.90 Å². The van der Waals surface area contributed by atoms with Gasteiger partial charge in [-0.2, -0.15) is 0 Å². The fraction of sp³-hybridized carbons (Fsp3) is 0.476. The Morgan fingerprint density at radius 2 is 1.70 bits per heavy atom. The Labute approximate surface area is 175 Å². The highest BCUT2D eigenvalue weighted by Crippen LogP contribution is 2.21. The fourth-order valence-corrected chi connectivity index (χ4v) is 2.88. The average molecular weight is 423 g/mol. The summed E-state index contributed by atoms with van der Waals surface area (Å²) in [5.41, 5.74) is 1.11. The monoisotopic (exact) mass is 423 g/mol. The summed E-state index contributed by atoms with van der Waals surface area (Å²) in [6.07, 6.45) is 4.21. The second kappa shape index (κ2) is 13.5. The number of hydrogen-bond acceptors (Lipinski definition) is 7. The van der Waals surface area contributed by atoms with E-state index in [1.165, 1.54) is 26.2 Å². The van der Waals surface area contributed by atoms with Crippen molar-refractivity contribution < 1.29 is 39.5 Å². The summed E-state index contributed by atoms with van der Waals surface area (Å²) in [5, 5.41) is 35.1. The molecular formula is C21H29NO8. The van der Waals surface area contributed by atoms with E-state index in [0.29, 0.717) is 35.6 Å². The van der Waals surface area contributed by atoms with Gasteiger partial charge in [0.1, 0.15) is 18.5 Å². The number of carboxylic acid groups (broad SMARTS) is 2. The summed E-state index contributed by atoms with van der Waals surface area (Å²) in [7, 11) is 0. The normalized spacial score (nSPS) is 15.2. The zero-order valence-electron chi connectivity index (χ0n) is 17.0. The molecule has 0 amide bonds. The number of likely N-dealkylation sites (tertiary alicyclic amines) is 1. The van der Waals surface area contributed by atoms with Gasteiger partial charge < -0.3 is 30.1 Å². The van der Waals surface area contributed by atoms with E-state index in [-0.39, 0.29) is 19.0 Å². The number of carbonyl (C=O) groups excluding carboxylic acids is 1. The Morgan fingerprint density at radius 3 is 2.20 bits per heavy atom. The van der Waals surface area contributed by atoms with Crippen LogP contribution in [0.4, 0.5) is 0 Å². The molecule has 166 valence electrons. The van der Waals surface area contributed by atoms with Gasteiger partial charge in [-0.05, 0) is 51.1 Å². The van der Waals surface area contributed by atoms with Gasteiger partial charge in [0.25, 0.3) is 0 Å². The Bertz CT molecular complexity index is 725. The molecule has 1 heterocycles. The van der Waals surface area contributed by atoms with Gasteiger partial charge in [-0.3, -0.25) is 4.79 Å². The number of ether oxygens (including phenoxy) is 1. The smallest absolute Gasteiger partial charge is 0.328 e. The molecule has 0 spiro atoms. The van der Waals surface area contributed by atoms with Crippen LogP contribution in [0.5, 0.6) is 5.75 Å². The highest BCUT2D eigenvalue weighted by atomic mass is 16.5. The summed E-state index contributed by atoms with van der Waals surface area (Å²) in [6.45, 7) is 4.15. The molecule has 0 bridgehead atoms. The quantitative estimate of drug-likeness (QED) is 0.341. The summed E-state index contributed by atoms with van der Waals surface area (Å²) in [6, 6.07) is 4.98. The molecule has 0 saturated carbocycles. The Morgan fingerprint density at radius 1 is 1.10 bits per heavy atom. The first-order valence-electron chi connectivity index (χ1n) is 9.64. The first-order chi connectivity index (χ1) is 14.2. The number of aliphatic hydroxyl groups is 2. The maximum atomic E-state index is 11.3. The summed E-state index contributed by atoms with van der Waals surface area (Å²) < 4.78 is 5.62. The predicted molar refractivity (Wildman–Crippen MR) is 109 cm³/mol. The lowest BCUT2D eigenvalue weighted by molar-refractivity contribution is -0.134. The maximum Gasteiger partial charge on any atom is 0.328 e. The van der Waals surface area contributed by atoms with Gasteiger partial charge in [0, 0.05) is 29.8 Å². The molecule has 1 aliphatic rings. The van der Waals surface area contributed by atoms with Crippen molar-refractivity contribution in [3.05, 3.63) is 41.5 Å². The van der Waals surface area contributed by atoms with Crippen molar-refractivity contribution in [1.29, 1.82) is 0 Å². The molecule has 1 unspecified atom stereocenters. The van der Waals surface area contributed by atoms with E-state index in [4.69, 9.17) is 14.9 Å². The van der Waals surface area contributed by atoms with Crippen LogP contribution in [-0.2, 0) is 16.2 Å². The van der Waals surface area contributed by atoms with E-state index >= 15 is 0 Å². The van der Waals surface area contributed by atoms with Crippen LogP contribution in [0.15, 0.2) is 30.4 Å². The molecule has 0 aromatic heterocycles. The van der Waals surface area contributed by atoms with Gasteiger partial charge in [0.05, 0.1) is 6.61 Å². The molecule has 1 aliphatic heterocycles. The van der Waals surface area contributed by atoms with Crippen molar-refractivity contribution >= 4 is 17.7 Å². The van der Waals surface area contributed by atoms with Crippen LogP contribution in [-0.4, -0.2) is 75.4 Å². The summed E-state index contributed by atoms with van der Waals surface area (Å²) in [4.78, 5) is 32.7. The average Bonchev–Trinajstić information content (AvgIpc) is 2.71. The lowest BCUT2D eigenvalue weighted by atomic mass is 10.1. The number of Topliss-reactive ketones (excluding diaryl/α,β-unsaturated/α-hetero) is 1. The van der Waals surface area contributed by atoms with Crippen LogP contribution >= 0.6 is 0 Å². The van der Waals surface area contributed by atoms with Gasteiger partial charge in [0.2, 0.25) is 0 Å². The number of carboxylic acids is 2.